The average molecular weight is 415 g/mol. The average Bonchev–Trinajstić information content (AvgIpc) is 3.05. The van der Waals surface area contributed by atoms with Crippen molar-refractivity contribution in [2.45, 2.75) is 105 Å². The maximum Gasteiger partial charge on any atom is 0.0583 e. The smallest absolute Gasteiger partial charge is 0.0583 e. The fourth-order valence-electron chi connectivity index (χ4n) is 6.67. The van der Waals surface area contributed by atoms with Crippen molar-refractivity contribution in [3.8, 4) is 0 Å². The highest BCUT2D eigenvalue weighted by Crippen LogP contribution is 2.60. The van der Waals surface area contributed by atoms with E-state index in [0.717, 1.165) is 25.7 Å². The van der Waals surface area contributed by atoms with Crippen molar-refractivity contribution < 1.29 is 10.2 Å². The monoisotopic (exact) mass is 414 g/mol. The summed E-state index contributed by atoms with van der Waals surface area (Å²) in [6.45, 7) is 15.9. The first kappa shape index (κ1) is 23.8. The third kappa shape index (κ3) is 4.96. The van der Waals surface area contributed by atoms with Crippen molar-refractivity contribution in [2.75, 3.05) is 0 Å². The van der Waals surface area contributed by atoms with Crippen LogP contribution in [-0.2, 0) is 0 Å². The molecule has 3 aliphatic carbocycles. The van der Waals surface area contributed by atoms with Gasteiger partial charge in [0.05, 0.1) is 12.2 Å². The molecule has 7 atom stereocenters. The number of hydrogen-bond donors (Lipinski definition) is 2. The quantitative estimate of drug-likeness (QED) is 0.500. The SMILES string of the molecule is C=C1CC[C@H](O)C/C1=C/C=C1\CCC[C@]2(C)[C@@H]([C@H](C)[C@H](O)C[C@H](C)C(C)C)CC[C@@H]12. The van der Waals surface area contributed by atoms with Gasteiger partial charge in [0.15, 0.2) is 0 Å². The lowest BCUT2D eigenvalue weighted by molar-refractivity contribution is 0.00715. The van der Waals surface area contributed by atoms with Crippen LogP contribution in [0.25, 0.3) is 0 Å². The summed E-state index contributed by atoms with van der Waals surface area (Å²) in [5.41, 5.74) is 4.36. The molecule has 0 aromatic heterocycles. The minimum Gasteiger partial charge on any atom is -0.393 e. The fraction of sp³-hybridized carbons (Fsp3) is 0.786. The van der Waals surface area contributed by atoms with Crippen molar-refractivity contribution >= 4 is 0 Å². The van der Waals surface area contributed by atoms with Gasteiger partial charge in [-0.15, -0.1) is 0 Å². The Hall–Kier alpha value is -0.860. The predicted molar refractivity (Wildman–Crippen MR) is 127 cm³/mol. The van der Waals surface area contributed by atoms with Gasteiger partial charge in [-0.1, -0.05) is 64.5 Å². The lowest BCUT2D eigenvalue weighted by Gasteiger charge is -2.45. The molecule has 0 radical (unpaired) electrons. The van der Waals surface area contributed by atoms with Gasteiger partial charge in [-0.05, 0) is 98.4 Å². The third-order valence-electron chi connectivity index (χ3n) is 9.22. The number of allylic oxidation sites excluding steroid dienone is 4. The van der Waals surface area contributed by atoms with Gasteiger partial charge in [-0.25, -0.2) is 0 Å². The van der Waals surface area contributed by atoms with Crippen LogP contribution in [0.2, 0.25) is 0 Å². The fourth-order valence-corrected chi connectivity index (χ4v) is 6.67. The van der Waals surface area contributed by atoms with Crippen molar-refractivity contribution in [1.29, 1.82) is 0 Å². The Balaban J connectivity index is 1.74. The van der Waals surface area contributed by atoms with Crippen LogP contribution in [-0.4, -0.2) is 22.4 Å². The van der Waals surface area contributed by atoms with Gasteiger partial charge in [-0.2, -0.15) is 0 Å². The molecule has 0 aromatic rings. The zero-order valence-corrected chi connectivity index (χ0v) is 20.2. The molecule has 0 heterocycles. The highest BCUT2D eigenvalue weighted by Gasteiger charge is 2.51. The standard InChI is InChI=1S/C28H46O2/c1-18(2)20(4)16-27(30)21(5)25-13-14-26-22(8-7-15-28(25,26)6)10-11-23-17-24(29)12-9-19(23)3/h10-11,18,20-21,24-27,29-30H,3,7-9,12-17H2,1-2,4-6H3/b22-10+,23-11-/t20-,21-,24-,25+,26-,27+,28+/m0/s1. The van der Waals surface area contributed by atoms with Gasteiger partial charge in [0.25, 0.3) is 0 Å². The molecule has 2 heteroatoms. The van der Waals surface area contributed by atoms with Crippen LogP contribution >= 0.6 is 0 Å². The molecule has 0 bridgehead atoms. The van der Waals surface area contributed by atoms with E-state index in [4.69, 9.17) is 0 Å². The van der Waals surface area contributed by atoms with Crippen LogP contribution in [0.1, 0.15) is 92.4 Å². The van der Waals surface area contributed by atoms with Crippen molar-refractivity contribution in [3.63, 3.8) is 0 Å². The van der Waals surface area contributed by atoms with Gasteiger partial charge < -0.3 is 10.2 Å². The van der Waals surface area contributed by atoms with Gasteiger partial charge in [-0.3, -0.25) is 0 Å². The van der Waals surface area contributed by atoms with Crippen LogP contribution in [0.4, 0.5) is 0 Å². The van der Waals surface area contributed by atoms with E-state index in [-0.39, 0.29) is 12.2 Å². The third-order valence-corrected chi connectivity index (χ3v) is 9.22. The number of rotatable bonds is 6. The number of hydrogen-bond acceptors (Lipinski definition) is 2. The second kappa shape index (κ2) is 9.74. The lowest BCUT2D eigenvalue weighted by atomic mass is 9.60. The number of aliphatic hydroxyl groups excluding tert-OH is 2. The van der Waals surface area contributed by atoms with E-state index in [1.165, 1.54) is 43.3 Å². The second-order valence-corrected chi connectivity index (χ2v) is 11.4. The minimum absolute atomic E-state index is 0.188. The molecule has 0 saturated heterocycles. The van der Waals surface area contributed by atoms with Crippen molar-refractivity contribution in [2.24, 2.45) is 35.0 Å². The van der Waals surface area contributed by atoms with E-state index >= 15 is 0 Å². The van der Waals surface area contributed by atoms with Gasteiger partial charge in [0.2, 0.25) is 0 Å². The zero-order valence-electron chi connectivity index (χ0n) is 20.2. The van der Waals surface area contributed by atoms with Crippen LogP contribution in [0.5, 0.6) is 0 Å². The molecule has 0 spiro atoms. The molecule has 3 saturated carbocycles. The van der Waals surface area contributed by atoms with Gasteiger partial charge in [0.1, 0.15) is 0 Å². The molecule has 0 amide bonds. The molecule has 0 unspecified atom stereocenters. The zero-order chi connectivity index (χ0) is 22.1. The number of fused-ring (bicyclic) bond motifs is 1. The predicted octanol–water partition coefficient (Wildman–Crippen LogP) is 6.84. The van der Waals surface area contributed by atoms with E-state index in [1.807, 2.05) is 0 Å². The largest absolute Gasteiger partial charge is 0.393 e. The summed E-state index contributed by atoms with van der Waals surface area (Å²) in [6, 6.07) is 0. The molecule has 2 N–H and O–H groups in total. The Morgan fingerprint density at radius 2 is 1.83 bits per heavy atom. The second-order valence-electron chi connectivity index (χ2n) is 11.4. The maximum atomic E-state index is 11.0. The van der Waals surface area contributed by atoms with Gasteiger partial charge in [0, 0.05) is 0 Å². The first-order valence-corrected chi connectivity index (χ1v) is 12.6. The first-order chi connectivity index (χ1) is 14.1. The summed E-state index contributed by atoms with van der Waals surface area (Å²) >= 11 is 0. The molecule has 30 heavy (non-hydrogen) atoms. The molecule has 3 fully saturated rings. The molecule has 3 rings (SSSR count). The van der Waals surface area contributed by atoms with Crippen molar-refractivity contribution in [1.82, 2.24) is 0 Å². The summed E-state index contributed by atoms with van der Waals surface area (Å²) in [5, 5.41) is 21.1. The maximum absolute atomic E-state index is 11.0. The molecule has 3 aliphatic rings. The Morgan fingerprint density at radius 3 is 2.53 bits per heavy atom. The first-order valence-electron chi connectivity index (χ1n) is 12.6. The van der Waals surface area contributed by atoms with Crippen molar-refractivity contribution in [3.05, 3.63) is 35.5 Å². The number of aliphatic hydroxyl groups is 2. The van der Waals surface area contributed by atoms with Gasteiger partial charge >= 0.3 is 0 Å². The van der Waals surface area contributed by atoms with Crippen LogP contribution in [0, 0.1) is 35.0 Å². The summed E-state index contributed by atoms with van der Waals surface area (Å²) in [4.78, 5) is 0. The van der Waals surface area contributed by atoms with E-state index in [0.29, 0.717) is 35.0 Å². The normalized spacial score (nSPS) is 38.1. The van der Waals surface area contributed by atoms with E-state index < -0.39 is 0 Å². The van der Waals surface area contributed by atoms with Crippen LogP contribution in [0.3, 0.4) is 0 Å². The molecular weight excluding hydrogens is 368 g/mol. The molecule has 0 aromatic carbocycles. The van der Waals surface area contributed by atoms with E-state index in [9.17, 15) is 10.2 Å². The van der Waals surface area contributed by atoms with E-state index in [1.54, 1.807) is 5.57 Å². The van der Waals surface area contributed by atoms with Crippen LogP contribution < -0.4 is 0 Å². The Morgan fingerprint density at radius 1 is 1.10 bits per heavy atom. The summed E-state index contributed by atoms with van der Waals surface area (Å²) in [6.07, 6.45) is 14.0. The highest BCUT2D eigenvalue weighted by molar-refractivity contribution is 5.36. The summed E-state index contributed by atoms with van der Waals surface area (Å²) in [7, 11) is 0. The topological polar surface area (TPSA) is 40.5 Å². The summed E-state index contributed by atoms with van der Waals surface area (Å²) in [5.74, 6) is 2.82. The molecule has 170 valence electrons. The Bertz CT molecular complexity index is 672. The Labute approximate surface area is 185 Å². The minimum atomic E-state index is -0.205. The summed E-state index contributed by atoms with van der Waals surface area (Å²) < 4.78 is 0. The Kier molecular flexibility index (Phi) is 7.72. The lowest BCUT2D eigenvalue weighted by Crippen LogP contribution is -2.39. The molecule has 0 aliphatic heterocycles. The molecule has 2 nitrogen and oxygen atoms in total. The molecular formula is C28H46O2. The van der Waals surface area contributed by atoms with E-state index in [2.05, 4.69) is 53.3 Å². The highest BCUT2D eigenvalue weighted by atomic mass is 16.3. The van der Waals surface area contributed by atoms with Crippen LogP contribution in [0.15, 0.2) is 35.5 Å².